The van der Waals surface area contributed by atoms with E-state index >= 15 is 0 Å². The number of rotatable bonds is 3. The fourth-order valence-electron chi connectivity index (χ4n) is 1.73. The smallest absolute Gasteiger partial charge is 0.335 e. The monoisotopic (exact) mass is 278 g/mol. The van der Waals surface area contributed by atoms with Crippen molar-refractivity contribution in [2.75, 3.05) is 0 Å². The third-order valence-corrected chi connectivity index (χ3v) is 3.01. The van der Waals surface area contributed by atoms with Gasteiger partial charge in [0.2, 0.25) is 0 Å². The molecule has 0 aliphatic heterocycles. The molecule has 0 aliphatic carbocycles. The van der Waals surface area contributed by atoms with Gasteiger partial charge in [-0.15, -0.1) is 0 Å². The minimum atomic E-state index is -1.40. The Morgan fingerprint density at radius 3 is 2.30 bits per heavy atom. The van der Waals surface area contributed by atoms with Crippen molar-refractivity contribution in [2.45, 2.75) is 13.8 Å². The fraction of sp³-hybridized carbons (Fsp3) is 0.133. The molecule has 0 aromatic heterocycles. The number of ether oxygens (including phenoxy) is 1. The van der Waals surface area contributed by atoms with Crippen LogP contribution in [0.25, 0.3) is 0 Å². The van der Waals surface area contributed by atoms with Gasteiger partial charge in [-0.25, -0.2) is 13.6 Å². The van der Waals surface area contributed by atoms with Crippen LogP contribution in [0.4, 0.5) is 8.78 Å². The van der Waals surface area contributed by atoms with Gasteiger partial charge in [-0.05, 0) is 43.2 Å². The number of halogens is 2. The van der Waals surface area contributed by atoms with Crippen LogP contribution < -0.4 is 4.74 Å². The Morgan fingerprint density at radius 2 is 1.75 bits per heavy atom. The Hall–Kier alpha value is -2.43. The summed E-state index contributed by atoms with van der Waals surface area (Å²) in [6.07, 6.45) is 0. The second-order valence-corrected chi connectivity index (χ2v) is 4.37. The molecule has 0 amide bonds. The molecule has 0 atom stereocenters. The first-order chi connectivity index (χ1) is 9.40. The summed E-state index contributed by atoms with van der Waals surface area (Å²) in [5.74, 6) is -3.79. The van der Waals surface area contributed by atoms with Gasteiger partial charge in [-0.2, -0.15) is 0 Å². The SMILES string of the molecule is Cc1cccc(Oc2c(F)cc(C(=O)O)cc2F)c1C. The van der Waals surface area contributed by atoms with Crippen LogP contribution in [0.3, 0.4) is 0 Å². The zero-order chi connectivity index (χ0) is 14.9. The van der Waals surface area contributed by atoms with Gasteiger partial charge in [-0.1, -0.05) is 12.1 Å². The minimum absolute atomic E-state index is 0.325. The molecular formula is C15H12F2O3. The summed E-state index contributed by atoms with van der Waals surface area (Å²) in [4.78, 5) is 10.7. The highest BCUT2D eigenvalue weighted by molar-refractivity contribution is 5.87. The van der Waals surface area contributed by atoms with Gasteiger partial charge < -0.3 is 9.84 Å². The lowest BCUT2D eigenvalue weighted by Crippen LogP contribution is -2.01. The molecule has 3 nitrogen and oxygen atoms in total. The van der Waals surface area contributed by atoms with E-state index in [1.807, 2.05) is 13.0 Å². The fourth-order valence-corrected chi connectivity index (χ4v) is 1.73. The summed E-state index contributed by atoms with van der Waals surface area (Å²) in [6, 6.07) is 6.60. The van der Waals surface area contributed by atoms with E-state index in [0.29, 0.717) is 5.75 Å². The first-order valence-corrected chi connectivity index (χ1v) is 5.86. The number of benzene rings is 2. The number of aryl methyl sites for hydroxylation is 1. The second-order valence-electron chi connectivity index (χ2n) is 4.37. The largest absolute Gasteiger partial charge is 0.478 e. The van der Waals surface area contributed by atoms with Crippen LogP contribution in [0.15, 0.2) is 30.3 Å². The summed E-state index contributed by atoms with van der Waals surface area (Å²) >= 11 is 0. The van der Waals surface area contributed by atoms with Gasteiger partial charge in [0.25, 0.3) is 0 Å². The standard InChI is InChI=1S/C15H12F2O3/c1-8-4-3-5-13(9(8)2)20-14-11(16)6-10(15(18)19)7-12(14)17/h3-7H,1-2H3,(H,18,19). The Morgan fingerprint density at radius 1 is 1.15 bits per heavy atom. The third kappa shape index (κ3) is 2.61. The predicted octanol–water partition coefficient (Wildman–Crippen LogP) is 4.07. The maximum absolute atomic E-state index is 13.8. The van der Waals surface area contributed by atoms with Crippen molar-refractivity contribution in [1.82, 2.24) is 0 Å². The lowest BCUT2D eigenvalue weighted by atomic mass is 10.1. The minimum Gasteiger partial charge on any atom is -0.478 e. The molecular weight excluding hydrogens is 266 g/mol. The van der Waals surface area contributed by atoms with Gasteiger partial charge in [0.1, 0.15) is 5.75 Å². The average molecular weight is 278 g/mol. The Balaban J connectivity index is 2.44. The van der Waals surface area contributed by atoms with E-state index in [2.05, 4.69) is 0 Å². The molecule has 0 unspecified atom stereocenters. The van der Waals surface area contributed by atoms with Crippen molar-refractivity contribution < 1.29 is 23.4 Å². The van der Waals surface area contributed by atoms with Crippen LogP contribution in [-0.4, -0.2) is 11.1 Å². The zero-order valence-corrected chi connectivity index (χ0v) is 10.9. The molecule has 0 bridgehead atoms. The lowest BCUT2D eigenvalue weighted by molar-refractivity contribution is 0.0695. The highest BCUT2D eigenvalue weighted by atomic mass is 19.1. The Kier molecular flexibility index (Phi) is 3.70. The Bertz CT molecular complexity index is 658. The van der Waals surface area contributed by atoms with Gasteiger partial charge in [-0.3, -0.25) is 0 Å². The molecule has 2 aromatic rings. The van der Waals surface area contributed by atoms with E-state index in [0.717, 1.165) is 23.3 Å². The van der Waals surface area contributed by atoms with Crippen molar-refractivity contribution in [3.8, 4) is 11.5 Å². The van der Waals surface area contributed by atoms with Crippen molar-refractivity contribution in [3.05, 3.63) is 58.7 Å². The summed E-state index contributed by atoms with van der Waals surface area (Å²) in [7, 11) is 0. The number of carboxylic acids is 1. The highest BCUT2D eigenvalue weighted by Gasteiger charge is 2.17. The molecule has 5 heteroatoms. The number of carboxylic acid groups (broad SMARTS) is 1. The van der Waals surface area contributed by atoms with Gasteiger partial charge in [0, 0.05) is 0 Å². The summed E-state index contributed by atoms with van der Waals surface area (Å²) in [5.41, 5.74) is 1.22. The van der Waals surface area contributed by atoms with E-state index in [4.69, 9.17) is 9.84 Å². The normalized spacial score (nSPS) is 10.4. The van der Waals surface area contributed by atoms with Crippen LogP contribution in [0.5, 0.6) is 11.5 Å². The number of hydrogen-bond donors (Lipinski definition) is 1. The van der Waals surface area contributed by atoms with Gasteiger partial charge >= 0.3 is 5.97 Å². The molecule has 0 heterocycles. The topological polar surface area (TPSA) is 46.5 Å². The molecule has 0 radical (unpaired) electrons. The number of aromatic carboxylic acids is 1. The lowest BCUT2D eigenvalue weighted by Gasteiger charge is -2.12. The molecule has 104 valence electrons. The zero-order valence-electron chi connectivity index (χ0n) is 10.9. The van der Waals surface area contributed by atoms with Crippen LogP contribution in [-0.2, 0) is 0 Å². The van der Waals surface area contributed by atoms with Gasteiger partial charge in [0.05, 0.1) is 5.56 Å². The number of hydrogen-bond acceptors (Lipinski definition) is 2. The van der Waals surface area contributed by atoms with Gasteiger partial charge in [0.15, 0.2) is 17.4 Å². The second kappa shape index (κ2) is 5.28. The van der Waals surface area contributed by atoms with Crippen LogP contribution in [0.1, 0.15) is 21.5 Å². The molecule has 20 heavy (non-hydrogen) atoms. The highest BCUT2D eigenvalue weighted by Crippen LogP contribution is 2.31. The molecule has 2 aromatic carbocycles. The first kappa shape index (κ1) is 14.0. The Labute approximate surface area is 114 Å². The number of carbonyl (C=O) groups is 1. The van der Waals surface area contributed by atoms with E-state index in [9.17, 15) is 13.6 Å². The summed E-state index contributed by atoms with van der Waals surface area (Å²) in [6.45, 7) is 3.62. The van der Waals surface area contributed by atoms with Crippen LogP contribution >= 0.6 is 0 Å². The van der Waals surface area contributed by atoms with E-state index in [-0.39, 0.29) is 0 Å². The van der Waals surface area contributed by atoms with Crippen LogP contribution in [0, 0.1) is 25.5 Å². The van der Waals surface area contributed by atoms with Crippen molar-refractivity contribution in [1.29, 1.82) is 0 Å². The van der Waals surface area contributed by atoms with E-state index < -0.39 is 28.9 Å². The van der Waals surface area contributed by atoms with Crippen molar-refractivity contribution in [3.63, 3.8) is 0 Å². The van der Waals surface area contributed by atoms with E-state index in [1.54, 1.807) is 19.1 Å². The first-order valence-electron chi connectivity index (χ1n) is 5.86. The third-order valence-electron chi connectivity index (χ3n) is 3.01. The van der Waals surface area contributed by atoms with Crippen LogP contribution in [0.2, 0.25) is 0 Å². The maximum Gasteiger partial charge on any atom is 0.335 e. The summed E-state index contributed by atoms with van der Waals surface area (Å²) in [5, 5.41) is 8.72. The molecule has 0 saturated heterocycles. The predicted molar refractivity (Wildman–Crippen MR) is 69.3 cm³/mol. The molecule has 0 saturated carbocycles. The molecule has 2 rings (SSSR count). The van der Waals surface area contributed by atoms with Crippen molar-refractivity contribution >= 4 is 5.97 Å². The molecule has 1 N–H and O–H groups in total. The molecule has 0 spiro atoms. The molecule has 0 fully saturated rings. The quantitative estimate of drug-likeness (QED) is 0.920. The van der Waals surface area contributed by atoms with E-state index in [1.165, 1.54) is 0 Å². The van der Waals surface area contributed by atoms with Crippen molar-refractivity contribution in [2.24, 2.45) is 0 Å². The summed E-state index contributed by atoms with van der Waals surface area (Å²) < 4.78 is 32.8. The average Bonchev–Trinajstić information content (AvgIpc) is 2.38. The maximum atomic E-state index is 13.8. The molecule has 0 aliphatic rings.